The van der Waals surface area contributed by atoms with Crippen LogP contribution in [-0.4, -0.2) is 13.1 Å². The average molecular weight is 435 g/mol. The summed E-state index contributed by atoms with van der Waals surface area (Å²) in [6, 6.07) is 0. The quantitative estimate of drug-likeness (QED) is 0.370. The van der Waals surface area contributed by atoms with Crippen molar-refractivity contribution in [2.45, 2.75) is 19.3 Å². The summed E-state index contributed by atoms with van der Waals surface area (Å²) in [6.45, 7) is 2.50. The number of hydrogen-bond donors (Lipinski definition) is 1. The first-order valence-electron chi connectivity index (χ1n) is 4.56. The minimum absolute atomic E-state index is 0. The number of hydrogen-bond acceptors (Lipinski definition) is 13. The molecular weight excluding hydrogens is 424 g/mol. The van der Waals surface area contributed by atoms with Crippen molar-refractivity contribution in [1.82, 2.24) is 5.32 Å². The predicted molar refractivity (Wildman–Crippen MR) is 26.7 cm³/mol. The molecule has 1 fully saturated rings. The Hall–Kier alpha value is 0.882. The molecule has 0 saturated carbocycles. The smallest absolute Gasteiger partial charge is 0.317 e. The van der Waals surface area contributed by atoms with Crippen LogP contribution in [-0.2, 0) is 17.4 Å². The van der Waals surface area contributed by atoms with E-state index in [0.717, 1.165) is 0 Å². The van der Waals surface area contributed by atoms with Gasteiger partial charge in [-0.25, -0.2) is 55.9 Å². The molecule has 135 valence electrons. The van der Waals surface area contributed by atoms with Gasteiger partial charge >= 0.3 is 17.4 Å². The molecule has 1 aliphatic heterocycles. The van der Waals surface area contributed by atoms with Gasteiger partial charge in [-0.1, -0.05) is 6.42 Å². The summed E-state index contributed by atoms with van der Waals surface area (Å²) in [6.07, 6.45) is 4.22. The van der Waals surface area contributed by atoms with Gasteiger partial charge in [-0.3, -0.25) is 0 Å². The van der Waals surface area contributed by atoms with E-state index in [-0.39, 0.29) is 17.4 Å². The predicted octanol–water partition coefficient (Wildman–Crippen LogP) is -13.5. The van der Waals surface area contributed by atoms with E-state index >= 15 is 0 Å². The van der Waals surface area contributed by atoms with Crippen LogP contribution in [0, 0.1) is 30.7 Å². The molecule has 0 aromatic heterocycles. The maximum Gasteiger partial charge on any atom is 3.00 e. The van der Waals surface area contributed by atoms with E-state index in [4.69, 9.17) is 55.9 Å². The van der Waals surface area contributed by atoms with E-state index in [9.17, 15) is 0 Å². The molecule has 17 heteroatoms. The van der Waals surface area contributed by atoms with Gasteiger partial charge in [0.15, 0.2) is 0 Å². The van der Waals surface area contributed by atoms with Crippen molar-refractivity contribution in [2.24, 2.45) is 0 Å². The summed E-state index contributed by atoms with van der Waals surface area (Å²) in [4.78, 5) is 0. The molecule has 0 spiro atoms. The second-order valence-electron chi connectivity index (χ2n) is 2.94. The topological polar surface area (TPSA) is 289 Å². The molecule has 0 amide bonds. The van der Waals surface area contributed by atoms with Crippen LogP contribution in [0.3, 0.4) is 0 Å². The average Bonchev–Trinajstić information content (AvgIpc) is 2.12. The van der Waals surface area contributed by atoms with Crippen molar-refractivity contribution < 1.29 is 104 Å². The van der Waals surface area contributed by atoms with Gasteiger partial charge in [0, 0.05) is 0 Å². The third-order valence-corrected chi connectivity index (χ3v) is 1.21. The van der Waals surface area contributed by atoms with Crippen molar-refractivity contribution in [3.05, 3.63) is 0 Å². The second kappa shape index (κ2) is 15.4. The van der Waals surface area contributed by atoms with E-state index in [2.05, 4.69) is 5.32 Å². The zero-order valence-corrected chi connectivity index (χ0v) is 14.0. The summed E-state index contributed by atoms with van der Waals surface area (Å²) in [5.41, 5.74) is 0. The molecule has 1 aliphatic rings. The Bertz CT molecular complexity index is 168. The van der Waals surface area contributed by atoms with E-state index in [1.807, 2.05) is 0 Å². The standard InChI is InChI=1S/C5H11N.3ClHO4.Cr/c1-2-4-6-5-3-1;3*2-1(3,4)5;/h6H,1-5H2;3*(H,2,3,4,5);/q;;;;+3/p-3. The molecule has 1 N–H and O–H groups in total. The first-order chi connectivity index (χ1) is 9.00. The van der Waals surface area contributed by atoms with Gasteiger partial charge in [0.2, 0.25) is 0 Å². The molecule has 0 atom stereocenters. The first-order valence-corrected chi connectivity index (χ1v) is 8.26. The van der Waals surface area contributed by atoms with E-state index in [1.165, 1.54) is 32.4 Å². The SMILES string of the molecule is C1CCNCC1.[Cr+3].[O-][Cl+3]([O-])([O-])[O-].[O-][Cl+3]([O-])([O-])[O-].[O-][Cl+3]([O-])([O-])[O-]. The fraction of sp³-hybridized carbons (Fsp3) is 1.00. The van der Waals surface area contributed by atoms with Crippen molar-refractivity contribution in [1.29, 1.82) is 0 Å². The summed E-state index contributed by atoms with van der Waals surface area (Å²) < 4.78 is 102. The van der Waals surface area contributed by atoms with Crippen LogP contribution in [0.2, 0.25) is 0 Å². The monoisotopic (exact) mass is 434 g/mol. The number of rotatable bonds is 0. The molecule has 0 aliphatic carbocycles. The Balaban J connectivity index is -0.0000000973. The Kier molecular flexibility index (Phi) is 21.5. The largest absolute Gasteiger partial charge is 3.00 e. The van der Waals surface area contributed by atoms with Crippen LogP contribution in [0.4, 0.5) is 0 Å². The Morgan fingerprint density at radius 2 is 0.636 bits per heavy atom. The zero-order chi connectivity index (χ0) is 17.7. The van der Waals surface area contributed by atoms with Crippen molar-refractivity contribution in [3.63, 3.8) is 0 Å². The minimum atomic E-state index is -4.94. The molecule has 0 bridgehead atoms. The molecule has 0 aromatic rings. The van der Waals surface area contributed by atoms with Crippen LogP contribution in [0.5, 0.6) is 0 Å². The van der Waals surface area contributed by atoms with Gasteiger partial charge in [-0.2, -0.15) is 0 Å². The number of piperidine rings is 1. The summed E-state index contributed by atoms with van der Waals surface area (Å²) in [5, 5.41) is 3.28. The van der Waals surface area contributed by atoms with Crippen molar-refractivity contribution >= 4 is 0 Å². The third kappa shape index (κ3) is 174. The molecule has 0 aromatic carbocycles. The van der Waals surface area contributed by atoms with Crippen molar-refractivity contribution in [2.75, 3.05) is 13.1 Å². The van der Waals surface area contributed by atoms with Gasteiger partial charge in [0.25, 0.3) is 0 Å². The van der Waals surface area contributed by atoms with Gasteiger partial charge in [0.1, 0.15) is 0 Å². The summed E-state index contributed by atoms with van der Waals surface area (Å²) >= 11 is 0. The van der Waals surface area contributed by atoms with Crippen LogP contribution < -0.4 is 61.2 Å². The summed E-state index contributed by atoms with van der Waals surface area (Å²) in [7, 11) is -14.8. The molecule has 1 rings (SSSR count). The second-order valence-corrected chi connectivity index (χ2v) is 5.21. The molecular formula is C5H11Cl3CrNO12. The molecule has 22 heavy (non-hydrogen) atoms. The summed E-state index contributed by atoms with van der Waals surface area (Å²) in [5.74, 6) is 0. The van der Waals surface area contributed by atoms with E-state index < -0.39 is 30.7 Å². The van der Waals surface area contributed by atoms with Gasteiger partial charge in [-0.15, -0.1) is 30.7 Å². The van der Waals surface area contributed by atoms with Crippen LogP contribution in [0.1, 0.15) is 19.3 Å². The van der Waals surface area contributed by atoms with Gasteiger partial charge in [-0.05, 0) is 25.9 Å². The zero-order valence-electron chi connectivity index (χ0n) is 10.5. The maximum atomic E-state index is 8.49. The van der Waals surface area contributed by atoms with E-state index in [0.29, 0.717) is 0 Å². The van der Waals surface area contributed by atoms with E-state index in [1.54, 1.807) is 0 Å². The van der Waals surface area contributed by atoms with Crippen LogP contribution in [0.15, 0.2) is 0 Å². The number of nitrogens with one attached hydrogen (secondary N) is 1. The molecule has 1 heterocycles. The first kappa shape index (κ1) is 30.7. The molecule has 13 nitrogen and oxygen atoms in total. The minimum Gasteiger partial charge on any atom is -0.317 e. The molecule has 1 radical (unpaired) electrons. The Morgan fingerprint density at radius 1 is 0.455 bits per heavy atom. The normalized spacial score (nSPS) is 14.7. The van der Waals surface area contributed by atoms with Gasteiger partial charge in [0.05, 0.1) is 0 Å². The third-order valence-electron chi connectivity index (χ3n) is 1.21. The molecule has 0 unspecified atom stereocenters. The Labute approximate surface area is 142 Å². The van der Waals surface area contributed by atoms with Crippen LogP contribution in [0.25, 0.3) is 0 Å². The van der Waals surface area contributed by atoms with Gasteiger partial charge < -0.3 is 5.32 Å². The van der Waals surface area contributed by atoms with Crippen LogP contribution >= 0.6 is 0 Å². The number of halogens is 3. The fourth-order valence-electron chi connectivity index (χ4n) is 0.802. The Morgan fingerprint density at radius 3 is 0.682 bits per heavy atom. The van der Waals surface area contributed by atoms with Crippen molar-refractivity contribution in [3.8, 4) is 0 Å². The maximum absolute atomic E-state index is 8.49. The molecule has 1 saturated heterocycles. The fourth-order valence-corrected chi connectivity index (χ4v) is 0.802.